The molecular weight excluding hydrogens is 214 g/mol. The fourth-order valence-electron chi connectivity index (χ4n) is 2.18. The molecule has 15 heavy (non-hydrogen) atoms. The van der Waals surface area contributed by atoms with E-state index in [0.29, 0.717) is 11.1 Å². The molecule has 1 aromatic rings. The van der Waals surface area contributed by atoms with Crippen LogP contribution in [-0.2, 0) is 4.79 Å². The van der Waals surface area contributed by atoms with Gasteiger partial charge in [-0.2, -0.15) is 0 Å². The summed E-state index contributed by atoms with van der Waals surface area (Å²) in [5.74, 6) is -0.550. The monoisotopic (exact) mass is 225 g/mol. The first kappa shape index (κ1) is 10.4. The van der Waals surface area contributed by atoms with Gasteiger partial charge in [0.2, 0.25) is 0 Å². The van der Waals surface area contributed by atoms with Gasteiger partial charge in [0.25, 0.3) is 0 Å². The van der Waals surface area contributed by atoms with E-state index < -0.39 is 5.97 Å². The average Bonchev–Trinajstić information content (AvgIpc) is 2.66. The first-order valence-electron chi connectivity index (χ1n) is 5.01. The van der Waals surface area contributed by atoms with Crippen LogP contribution in [0.3, 0.4) is 0 Å². The number of halogens is 1. The zero-order chi connectivity index (χ0) is 10.8. The maximum atomic E-state index is 10.8. The first-order valence-corrected chi connectivity index (χ1v) is 5.39. The molecule has 0 unspecified atom stereocenters. The van der Waals surface area contributed by atoms with E-state index in [-0.39, 0.29) is 5.92 Å². The van der Waals surface area contributed by atoms with Gasteiger partial charge in [-0.25, -0.2) is 4.98 Å². The molecule has 1 saturated carbocycles. The molecule has 3 nitrogen and oxygen atoms in total. The van der Waals surface area contributed by atoms with E-state index in [1.54, 1.807) is 6.20 Å². The molecule has 1 aliphatic rings. The number of carboxylic acid groups (broad SMARTS) is 1. The highest BCUT2D eigenvalue weighted by molar-refractivity contribution is 6.29. The summed E-state index contributed by atoms with van der Waals surface area (Å²) in [4.78, 5) is 14.7. The SMILES string of the molecule is O=C(O)[C@H]1CC[C@@H](c2ccnc(Cl)c2)C1. The molecule has 1 aromatic heterocycles. The third-order valence-electron chi connectivity index (χ3n) is 3.00. The summed E-state index contributed by atoms with van der Waals surface area (Å²) in [6, 6.07) is 3.75. The van der Waals surface area contributed by atoms with Crippen LogP contribution in [0.1, 0.15) is 30.7 Å². The number of carbonyl (C=O) groups is 1. The van der Waals surface area contributed by atoms with Crippen molar-refractivity contribution in [3.05, 3.63) is 29.0 Å². The maximum Gasteiger partial charge on any atom is 0.306 e. The van der Waals surface area contributed by atoms with E-state index in [1.807, 2.05) is 12.1 Å². The number of hydrogen-bond acceptors (Lipinski definition) is 2. The van der Waals surface area contributed by atoms with Crippen molar-refractivity contribution in [2.45, 2.75) is 25.2 Å². The second kappa shape index (κ2) is 4.19. The fraction of sp³-hybridized carbons (Fsp3) is 0.455. The summed E-state index contributed by atoms with van der Waals surface area (Å²) < 4.78 is 0. The molecule has 2 atom stereocenters. The lowest BCUT2D eigenvalue weighted by molar-refractivity contribution is -0.141. The highest BCUT2D eigenvalue weighted by Gasteiger charge is 2.30. The van der Waals surface area contributed by atoms with Crippen LogP contribution in [0.25, 0.3) is 0 Å². The predicted octanol–water partition coefficient (Wildman–Crippen LogP) is 2.70. The number of pyridine rings is 1. The zero-order valence-corrected chi connectivity index (χ0v) is 8.94. The molecule has 0 amide bonds. The summed E-state index contributed by atoms with van der Waals surface area (Å²) in [5, 5.41) is 9.37. The third-order valence-corrected chi connectivity index (χ3v) is 3.21. The minimum Gasteiger partial charge on any atom is -0.481 e. The van der Waals surface area contributed by atoms with Crippen molar-refractivity contribution >= 4 is 17.6 Å². The lowest BCUT2D eigenvalue weighted by Gasteiger charge is -2.09. The van der Waals surface area contributed by atoms with Crippen molar-refractivity contribution in [2.75, 3.05) is 0 Å². The summed E-state index contributed by atoms with van der Waals surface area (Å²) in [7, 11) is 0. The van der Waals surface area contributed by atoms with Crippen LogP contribution in [0.4, 0.5) is 0 Å². The Kier molecular flexibility index (Phi) is 2.91. The largest absolute Gasteiger partial charge is 0.481 e. The average molecular weight is 226 g/mol. The molecule has 0 saturated heterocycles. The normalized spacial score (nSPS) is 25.4. The number of hydrogen-bond donors (Lipinski definition) is 1. The minimum absolute atomic E-state index is 0.193. The molecule has 0 radical (unpaired) electrons. The second-order valence-corrected chi connectivity index (χ2v) is 4.34. The van der Waals surface area contributed by atoms with Crippen LogP contribution in [0.5, 0.6) is 0 Å². The lowest BCUT2D eigenvalue weighted by Crippen LogP contribution is -2.09. The number of rotatable bonds is 2. The van der Waals surface area contributed by atoms with Gasteiger partial charge in [0.05, 0.1) is 5.92 Å². The Morgan fingerprint density at radius 3 is 2.93 bits per heavy atom. The van der Waals surface area contributed by atoms with E-state index in [9.17, 15) is 4.79 Å². The maximum absolute atomic E-state index is 10.8. The molecule has 1 fully saturated rings. The van der Waals surface area contributed by atoms with Gasteiger partial charge in [0.1, 0.15) is 5.15 Å². The lowest BCUT2D eigenvalue weighted by atomic mass is 9.97. The third kappa shape index (κ3) is 2.29. The summed E-state index contributed by atoms with van der Waals surface area (Å²) in [6.45, 7) is 0. The molecular formula is C11H12ClNO2. The highest BCUT2D eigenvalue weighted by Crippen LogP contribution is 2.38. The quantitative estimate of drug-likeness (QED) is 0.788. The molecule has 4 heteroatoms. The molecule has 0 aliphatic heterocycles. The summed E-state index contributed by atoms with van der Waals surface area (Å²) in [6.07, 6.45) is 4.08. The van der Waals surface area contributed by atoms with Gasteiger partial charge in [-0.15, -0.1) is 0 Å². The summed E-state index contributed by atoms with van der Waals surface area (Å²) in [5.41, 5.74) is 1.11. The van der Waals surface area contributed by atoms with Crippen LogP contribution < -0.4 is 0 Å². The van der Waals surface area contributed by atoms with Crippen molar-refractivity contribution in [1.82, 2.24) is 4.98 Å². The van der Waals surface area contributed by atoms with Crippen LogP contribution in [0, 0.1) is 5.92 Å². The molecule has 1 N–H and O–H groups in total. The van der Waals surface area contributed by atoms with E-state index in [2.05, 4.69) is 4.98 Å². The van der Waals surface area contributed by atoms with Crippen LogP contribution in [-0.4, -0.2) is 16.1 Å². The van der Waals surface area contributed by atoms with E-state index in [1.165, 1.54) is 0 Å². The van der Waals surface area contributed by atoms with E-state index in [4.69, 9.17) is 16.7 Å². The highest BCUT2D eigenvalue weighted by atomic mass is 35.5. The van der Waals surface area contributed by atoms with Crippen molar-refractivity contribution in [3.8, 4) is 0 Å². The molecule has 1 aliphatic carbocycles. The number of nitrogens with zero attached hydrogens (tertiary/aromatic N) is 1. The van der Waals surface area contributed by atoms with E-state index in [0.717, 1.165) is 24.8 Å². The van der Waals surface area contributed by atoms with Gasteiger partial charge in [-0.05, 0) is 42.9 Å². The first-order chi connectivity index (χ1) is 7.16. The molecule has 2 rings (SSSR count). The Bertz CT molecular complexity index is 381. The van der Waals surface area contributed by atoms with Crippen molar-refractivity contribution in [2.24, 2.45) is 5.92 Å². The molecule has 0 bridgehead atoms. The Hall–Kier alpha value is -1.09. The van der Waals surface area contributed by atoms with Crippen molar-refractivity contribution in [1.29, 1.82) is 0 Å². The molecule has 0 spiro atoms. The van der Waals surface area contributed by atoms with Gasteiger partial charge in [0, 0.05) is 6.20 Å². The number of carboxylic acids is 1. The standard InChI is InChI=1S/C11H12ClNO2/c12-10-6-8(3-4-13-10)7-1-2-9(5-7)11(14)15/h3-4,6-7,9H,1-2,5H2,(H,14,15)/t7-,9+/m1/s1. The topological polar surface area (TPSA) is 50.2 Å². The minimum atomic E-state index is -0.683. The Labute approximate surface area is 93.1 Å². The number of aromatic nitrogens is 1. The van der Waals surface area contributed by atoms with Crippen molar-refractivity contribution < 1.29 is 9.90 Å². The smallest absolute Gasteiger partial charge is 0.306 e. The zero-order valence-electron chi connectivity index (χ0n) is 8.19. The van der Waals surface area contributed by atoms with Crippen LogP contribution >= 0.6 is 11.6 Å². The van der Waals surface area contributed by atoms with Crippen molar-refractivity contribution in [3.63, 3.8) is 0 Å². The number of aliphatic carboxylic acids is 1. The predicted molar refractivity (Wildman–Crippen MR) is 57.0 cm³/mol. The van der Waals surface area contributed by atoms with Gasteiger partial charge in [-0.3, -0.25) is 4.79 Å². The Morgan fingerprint density at radius 1 is 1.53 bits per heavy atom. The van der Waals surface area contributed by atoms with Gasteiger partial charge >= 0.3 is 5.97 Å². The second-order valence-electron chi connectivity index (χ2n) is 3.96. The summed E-state index contributed by atoms with van der Waals surface area (Å²) >= 11 is 5.79. The van der Waals surface area contributed by atoms with Crippen LogP contribution in [0.15, 0.2) is 18.3 Å². The van der Waals surface area contributed by atoms with E-state index >= 15 is 0 Å². The molecule has 1 heterocycles. The Morgan fingerprint density at radius 2 is 2.33 bits per heavy atom. The van der Waals surface area contributed by atoms with Gasteiger partial charge in [0.15, 0.2) is 0 Å². The van der Waals surface area contributed by atoms with Gasteiger partial charge in [-0.1, -0.05) is 11.6 Å². The van der Waals surface area contributed by atoms with Gasteiger partial charge < -0.3 is 5.11 Å². The molecule has 80 valence electrons. The Balaban J connectivity index is 2.11. The fourth-order valence-corrected chi connectivity index (χ4v) is 2.36. The molecule has 0 aromatic carbocycles. The van der Waals surface area contributed by atoms with Crippen LogP contribution in [0.2, 0.25) is 5.15 Å².